The van der Waals surface area contributed by atoms with E-state index in [1.807, 2.05) is 46.8 Å². The first kappa shape index (κ1) is 15.1. The maximum Gasteiger partial charge on any atom is 0.494 e. The van der Waals surface area contributed by atoms with Gasteiger partial charge in [-0.15, -0.1) is 0 Å². The second-order valence-corrected chi connectivity index (χ2v) is 5.42. The standard InChI is InChI=1S/C14H23BO3/c1-7-11(9-10-12(16)8-2)15-17-13(3,4)14(5,6)18-15/h7-10,16H,1-6H3/b10-9-,11-7+,12-8+. The first-order chi connectivity index (χ1) is 8.23. The molecule has 0 aromatic carbocycles. The Morgan fingerprint density at radius 3 is 1.83 bits per heavy atom. The van der Waals surface area contributed by atoms with Crippen molar-refractivity contribution in [2.75, 3.05) is 0 Å². The number of aliphatic hydroxyl groups is 1. The quantitative estimate of drug-likeness (QED) is 0.472. The van der Waals surface area contributed by atoms with Crippen molar-refractivity contribution < 1.29 is 14.4 Å². The van der Waals surface area contributed by atoms with E-state index in [2.05, 4.69) is 0 Å². The molecule has 4 heteroatoms. The molecule has 1 N–H and O–H groups in total. The van der Waals surface area contributed by atoms with Crippen LogP contribution >= 0.6 is 0 Å². The summed E-state index contributed by atoms with van der Waals surface area (Å²) in [6.07, 6.45) is 7.02. The Hall–Kier alpha value is -0.995. The van der Waals surface area contributed by atoms with Crippen LogP contribution in [0, 0.1) is 0 Å². The second-order valence-electron chi connectivity index (χ2n) is 5.42. The Morgan fingerprint density at radius 1 is 0.944 bits per heavy atom. The predicted molar refractivity (Wildman–Crippen MR) is 75.4 cm³/mol. The van der Waals surface area contributed by atoms with Crippen LogP contribution in [0.4, 0.5) is 0 Å². The Labute approximate surface area is 110 Å². The van der Waals surface area contributed by atoms with Crippen LogP contribution in [0.5, 0.6) is 0 Å². The van der Waals surface area contributed by atoms with Gasteiger partial charge < -0.3 is 14.4 Å². The Kier molecular flexibility index (Phi) is 4.46. The largest absolute Gasteiger partial charge is 0.508 e. The highest BCUT2D eigenvalue weighted by atomic mass is 16.7. The summed E-state index contributed by atoms with van der Waals surface area (Å²) in [5.74, 6) is 0.228. The van der Waals surface area contributed by atoms with Gasteiger partial charge in [-0.1, -0.05) is 12.2 Å². The molecule has 1 saturated heterocycles. The highest BCUT2D eigenvalue weighted by molar-refractivity contribution is 6.55. The average molecular weight is 250 g/mol. The third kappa shape index (κ3) is 3.06. The minimum Gasteiger partial charge on any atom is -0.508 e. The first-order valence-corrected chi connectivity index (χ1v) is 6.28. The Bertz CT molecular complexity index is 376. The smallest absolute Gasteiger partial charge is 0.494 e. The third-order valence-electron chi connectivity index (χ3n) is 3.60. The van der Waals surface area contributed by atoms with Gasteiger partial charge in [0.15, 0.2) is 0 Å². The molecular formula is C14H23BO3. The zero-order valence-electron chi connectivity index (χ0n) is 12.2. The van der Waals surface area contributed by atoms with Gasteiger partial charge in [0.25, 0.3) is 0 Å². The minimum absolute atomic E-state index is 0.228. The van der Waals surface area contributed by atoms with Gasteiger partial charge in [0.05, 0.1) is 11.2 Å². The lowest BCUT2D eigenvalue weighted by Crippen LogP contribution is -2.41. The fraction of sp³-hybridized carbons (Fsp3) is 0.571. The Balaban J connectivity index is 2.86. The predicted octanol–water partition coefficient (Wildman–Crippen LogP) is 3.58. The third-order valence-corrected chi connectivity index (χ3v) is 3.60. The maximum atomic E-state index is 9.42. The fourth-order valence-corrected chi connectivity index (χ4v) is 1.57. The van der Waals surface area contributed by atoms with E-state index in [4.69, 9.17) is 9.31 Å². The van der Waals surface area contributed by atoms with E-state index in [1.165, 1.54) is 0 Å². The molecule has 18 heavy (non-hydrogen) atoms. The van der Waals surface area contributed by atoms with Gasteiger partial charge in [-0.3, -0.25) is 0 Å². The molecule has 3 nitrogen and oxygen atoms in total. The fourth-order valence-electron chi connectivity index (χ4n) is 1.57. The van der Waals surface area contributed by atoms with Crippen molar-refractivity contribution in [3.05, 3.63) is 35.5 Å². The van der Waals surface area contributed by atoms with Crippen LogP contribution in [0.1, 0.15) is 41.5 Å². The van der Waals surface area contributed by atoms with Crippen LogP contribution in [0.15, 0.2) is 35.5 Å². The van der Waals surface area contributed by atoms with Gasteiger partial charge in [0, 0.05) is 0 Å². The average Bonchev–Trinajstić information content (AvgIpc) is 2.48. The highest BCUT2D eigenvalue weighted by Gasteiger charge is 2.51. The number of hydrogen-bond donors (Lipinski definition) is 1. The van der Waals surface area contributed by atoms with Crippen molar-refractivity contribution in [3.8, 4) is 0 Å². The molecule has 0 amide bonds. The summed E-state index contributed by atoms with van der Waals surface area (Å²) < 4.78 is 11.9. The van der Waals surface area contributed by atoms with Gasteiger partial charge in [-0.25, -0.2) is 0 Å². The van der Waals surface area contributed by atoms with Crippen LogP contribution in [0.2, 0.25) is 0 Å². The van der Waals surface area contributed by atoms with Crippen LogP contribution in [0.3, 0.4) is 0 Å². The van der Waals surface area contributed by atoms with E-state index < -0.39 is 0 Å². The summed E-state index contributed by atoms with van der Waals surface area (Å²) in [5.41, 5.74) is 0.215. The molecule has 1 heterocycles. The molecule has 0 atom stereocenters. The molecule has 1 aliphatic heterocycles. The summed E-state index contributed by atoms with van der Waals surface area (Å²) in [5, 5.41) is 9.42. The number of hydrogen-bond acceptors (Lipinski definition) is 3. The maximum absolute atomic E-state index is 9.42. The summed E-state index contributed by atoms with van der Waals surface area (Å²) >= 11 is 0. The molecule has 100 valence electrons. The monoisotopic (exact) mass is 250 g/mol. The summed E-state index contributed by atoms with van der Waals surface area (Å²) in [4.78, 5) is 0. The van der Waals surface area contributed by atoms with E-state index in [0.29, 0.717) is 0 Å². The first-order valence-electron chi connectivity index (χ1n) is 6.28. The molecule has 1 rings (SSSR count). The summed E-state index contributed by atoms with van der Waals surface area (Å²) in [7, 11) is -0.388. The van der Waals surface area contributed by atoms with Crippen molar-refractivity contribution in [2.45, 2.75) is 52.7 Å². The van der Waals surface area contributed by atoms with Crippen LogP contribution in [-0.2, 0) is 9.31 Å². The van der Waals surface area contributed by atoms with Crippen LogP contribution in [0.25, 0.3) is 0 Å². The summed E-state index contributed by atoms with van der Waals surface area (Å²) in [6.45, 7) is 11.8. The topological polar surface area (TPSA) is 38.7 Å². The van der Waals surface area contributed by atoms with Crippen LogP contribution in [-0.4, -0.2) is 23.4 Å². The van der Waals surface area contributed by atoms with E-state index in [9.17, 15) is 5.11 Å². The van der Waals surface area contributed by atoms with Crippen molar-refractivity contribution in [2.24, 2.45) is 0 Å². The zero-order chi connectivity index (χ0) is 14.0. The van der Waals surface area contributed by atoms with Gasteiger partial charge in [0.1, 0.15) is 5.76 Å². The Morgan fingerprint density at radius 2 is 1.44 bits per heavy atom. The molecule has 0 unspecified atom stereocenters. The number of rotatable bonds is 3. The molecule has 0 aromatic heterocycles. The molecule has 0 aromatic rings. The molecule has 0 radical (unpaired) electrons. The molecule has 0 bridgehead atoms. The molecule has 0 saturated carbocycles. The van der Waals surface area contributed by atoms with Crippen LogP contribution < -0.4 is 0 Å². The lowest BCUT2D eigenvalue weighted by molar-refractivity contribution is 0.00578. The SMILES string of the molecule is C\C=C(/C=C\C(O)=C/C)B1OC(C)(C)C(C)(C)O1. The van der Waals surface area contributed by atoms with E-state index in [1.54, 1.807) is 19.1 Å². The van der Waals surface area contributed by atoms with Crippen molar-refractivity contribution in [1.29, 1.82) is 0 Å². The molecule has 0 aliphatic carbocycles. The van der Waals surface area contributed by atoms with Gasteiger partial charge >= 0.3 is 7.12 Å². The number of aliphatic hydroxyl groups excluding tert-OH is 1. The van der Waals surface area contributed by atoms with E-state index in [-0.39, 0.29) is 24.1 Å². The lowest BCUT2D eigenvalue weighted by Gasteiger charge is -2.32. The van der Waals surface area contributed by atoms with E-state index in [0.717, 1.165) is 5.47 Å². The van der Waals surface area contributed by atoms with Gasteiger partial charge in [-0.05, 0) is 59.2 Å². The van der Waals surface area contributed by atoms with Crippen molar-refractivity contribution in [1.82, 2.24) is 0 Å². The summed E-state index contributed by atoms with van der Waals surface area (Å²) in [6, 6.07) is 0. The minimum atomic E-state index is -0.388. The normalized spacial score (nSPS) is 24.0. The zero-order valence-corrected chi connectivity index (χ0v) is 12.2. The number of allylic oxidation sites excluding steroid dienone is 5. The van der Waals surface area contributed by atoms with Gasteiger partial charge in [-0.2, -0.15) is 0 Å². The molecule has 1 fully saturated rings. The molecule has 1 aliphatic rings. The second kappa shape index (κ2) is 5.33. The van der Waals surface area contributed by atoms with Crippen molar-refractivity contribution >= 4 is 7.12 Å². The molecular weight excluding hydrogens is 227 g/mol. The molecule has 0 spiro atoms. The van der Waals surface area contributed by atoms with Crippen molar-refractivity contribution in [3.63, 3.8) is 0 Å². The highest BCUT2D eigenvalue weighted by Crippen LogP contribution is 2.38. The van der Waals surface area contributed by atoms with Gasteiger partial charge in [0.2, 0.25) is 0 Å². The lowest BCUT2D eigenvalue weighted by atomic mass is 9.77. The van der Waals surface area contributed by atoms with E-state index >= 15 is 0 Å².